The summed E-state index contributed by atoms with van der Waals surface area (Å²) < 4.78 is 0.840. The maximum absolute atomic E-state index is 12.0. The van der Waals surface area contributed by atoms with Gasteiger partial charge in [0.2, 0.25) is 0 Å². The lowest BCUT2D eigenvalue weighted by Gasteiger charge is -2.04. The van der Waals surface area contributed by atoms with E-state index in [2.05, 4.69) is 36.4 Å². The zero-order valence-electron chi connectivity index (χ0n) is 9.20. The Morgan fingerprint density at radius 2 is 2.28 bits per heavy atom. The number of carbonyl (C=O) groups excluding carboxylic acids is 1. The van der Waals surface area contributed by atoms with Crippen LogP contribution >= 0.6 is 15.9 Å². The van der Waals surface area contributed by atoms with Gasteiger partial charge in [0.15, 0.2) is 0 Å². The van der Waals surface area contributed by atoms with Gasteiger partial charge >= 0.3 is 0 Å². The van der Waals surface area contributed by atoms with Crippen LogP contribution in [0.1, 0.15) is 10.5 Å². The minimum absolute atomic E-state index is 0.192. The summed E-state index contributed by atoms with van der Waals surface area (Å²) in [5.41, 5.74) is 2.02. The van der Waals surface area contributed by atoms with Gasteiger partial charge < -0.3 is 10.3 Å². The molecule has 0 aliphatic heterocycles. The van der Waals surface area contributed by atoms with Gasteiger partial charge in [-0.05, 0) is 28.1 Å². The van der Waals surface area contributed by atoms with Gasteiger partial charge in [0.1, 0.15) is 5.69 Å². The molecule has 2 aromatic heterocycles. The average molecular weight is 305 g/mol. The Kier molecular flexibility index (Phi) is 2.64. The van der Waals surface area contributed by atoms with E-state index in [1.165, 1.54) is 0 Å². The van der Waals surface area contributed by atoms with E-state index in [9.17, 15) is 4.79 Å². The number of nitrogens with zero attached hydrogens (tertiary/aromatic N) is 1. The van der Waals surface area contributed by atoms with E-state index >= 15 is 0 Å². The van der Waals surface area contributed by atoms with Crippen molar-refractivity contribution in [2.24, 2.45) is 0 Å². The summed E-state index contributed by atoms with van der Waals surface area (Å²) in [6.07, 6.45) is 3.43. The molecule has 90 valence electrons. The molecule has 0 atom stereocenters. The van der Waals surface area contributed by atoms with Crippen LogP contribution in [0.25, 0.3) is 10.9 Å². The Balaban J connectivity index is 1.92. The minimum atomic E-state index is -0.192. The standard InChI is InChI=1S/C12H9BrN4O/c13-8-4-10(14-6-8)12(18)16-9-3-1-2-7-5-15-17-11(7)9/h1-6,14H,(H,15,17)(H,16,18). The number of aromatic amines is 2. The van der Waals surface area contributed by atoms with Gasteiger partial charge in [-0.25, -0.2) is 0 Å². The van der Waals surface area contributed by atoms with Gasteiger partial charge in [-0.2, -0.15) is 5.10 Å². The normalized spacial score (nSPS) is 10.7. The molecule has 5 nitrogen and oxygen atoms in total. The van der Waals surface area contributed by atoms with Gasteiger partial charge in [-0.1, -0.05) is 12.1 Å². The van der Waals surface area contributed by atoms with Gasteiger partial charge in [-0.3, -0.25) is 9.89 Å². The number of anilines is 1. The highest BCUT2D eigenvalue weighted by Crippen LogP contribution is 2.21. The van der Waals surface area contributed by atoms with E-state index in [0.717, 1.165) is 15.4 Å². The van der Waals surface area contributed by atoms with Gasteiger partial charge in [0.05, 0.1) is 17.4 Å². The predicted octanol–water partition coefficient (Wildman–Crippen LogP) is 2.91. The third-order valence-electron chi connectivity index (χ3n) is 2.62. The van der Waals surface area contributed by atoms with Gasteiger partial charge in [0.25, 0.3) is 5.91 Å². The average Bonchev–Trinajstić information content (AvgIpc) is 2.97. The summed E-state index contributed by atoms with van der Waals surface area (Å²) in [7, 11) is 0. The van der Waals surface area contributed by atoms with Crippen molar-refractivity contribution < 1.29 is 4.79 Å². The molecule has 0 saturated carbocycles. The van der Waals surface area contributed by atoms with Crippen molar-refractivity contribution in [1.29, 1.82) is 0 Å². The van der Waals surface area contributed by atoms with Crippen LogP contribution in [-0.2, 0) is 0 Å². The summed E-state index contributed by atoms with van der Waals surface area (Å²) >= 11 is 3.29. The second-order valence-corrected chi connectivity index (χ2v) is 4.74. The van der Waals surface area contributed by atoms with Gasteiger partial charge in [0, 0.05) is 16.1 Å². The Labute approximate surface area is 111 Å². The Bertz CT molecular complexity index is 716. The van der Waals surface area contributed by atoms with Crippen LogP contribution < -0.4 is 5.32 Å². The van der Waals surface area contributed by atoms with E-state index in [1.54, 1.807) is 18.5 Å². The van der Waals surface area contributed by atoms with Crippen molar-refractivity contribution in [2.75, 3.05) is 5.32 Å². The van der Waals surface area contributed by atoms with Crippen molar-refractivity contribution in [3.63, 3.8) is 0 Å². The summed E-state index contributed by atoms with van der Waals surface area (Å²) in [5, 5.41) is 10.6. The fourth-order valence-corrected chi connectivity index (χ4v) is 2.11. The number of halogens is 1. The van der Waals surface area contributed by atoms with Crippen LogP contribution in [0.15, 0.2) is 41.1 Å². The Morgan fingerprint density at radius 1 is 1.39 bits per heavy atom. The molecule has 0 unspecified atom stereocenters. The first-order valence-corrected chi connectivity index (χ1v) is 6.11. The van der Waals surface area contributed by atoms with E-state index in [1.807, 2.05) is 18.2 Å². The monoisotopic (exact) mass is 304 g/mol. The minimum Gasteiger partial charge on any atom is -0.356 e. The van der Waals surface area contributed by atoms with Crippen LogP contribution in [0.3, 0.4) is 0 Å². The number of hydrogen-bond donors (Lipinski definition) is 3. The molecule has 0 spiro atoms. The lowest BCUT2D eigenvalue weighted by Crippen LogP contribution is -2.12. The Morgan fingerprint density at radius 3 is 3.06 bits per heavy atom. The van der Waals surface area contributed by atoms with Crippen LogP contribution in [0, 0.1) is 0 Å². The molecule has 2 heterocycles. The van der Waals surface area contributed by atoms with Crippen molar-refractivity contribution in [1.82, 2.24) is 15.2 Å². The zero-order valence-corrected chi connectivity index (χ0v) is 10.8. The lowest BCUT2D eigenvalue weighted by atomic mass is 10.2. The van der Waals surface area contributed by atoms with Crippen molar-refractivity contribution >= 4 is 38.4 Å². The fraction of sp³-hybridized carbons (Fsp3) is 0. The third kappa shape index (κ3) is 1.91. The third-order valence-corrected chi connectivity index (χ3v) is 3.08. The fourth-order valence-electron chi connectivity index (χ4n) is 1.76. The summed E-state index contributed by atoms with van der Waals surface area (Å²) in [5.74, 6) is -0.192. The first-order valence-electron chi connectivity index (χ1n) is 5.31. The topological polar surface area (TPSA) is 73.6 Å². The first kappa shape index (κ1) is 11.0. The molecule has 0 bridgehead atoms. The molecule has 3 rings (SSSR count). The van der Waals surface area contributed by atoms with E-state index in [4.69, 9.17) is 0 Å². The number of rotatable bonds is 2. The number of fused-ring (bicyclic) bond motifs is 1. The molecular formula is C12H9BrN4O. The number of para-hydroxylation sites is 1. The number of nitrogens with one attached hydrogen (secondary N) is 3. The van der Waals surface area contributed by atoms with Crippen molar-refractivity contribution in [2.45, 2.75) is 0 Å². The highest BCUT2D eigenvalue weighted by molar-refractivity contribution is 9.10. The zero-order chi connectivity index (χ0) is 12.5. The van der Waals surface area contributed by atoms with Crippen LogP contribution in [0.4, 0.5) is 5.69 Å². The number of benzene rings is 1. The Hall–Kier alpha value is -2.08. The second-order valence-electron chi connectivity index (χ2n) is 3.83. The molecule has 0 saturated heterocycles. The molecule has 1 aromatic carbocycles. The number of amides is 1. The quantitative estimate of drug-likeness (QED) is 0.681. The molecule has 3 aromatic rings. The predicted molar refractivity (Wildman–Crippen MR) is 72.5 cm³/mol. The van der Waals surface area contributed by atoms with Gasteiger partial charge in [-0.15, -0.1) is 0 Å². The number of H-pyrrole nitrogens is 2. The molecule has 0 radical (unpaired) electrons. The van der Waals surface area contributed by atoms with E-state index in [-0.39, 0.29) is 5.91 Å². The molecule has 1 amide bonds. The summed E-state index contributed by atoms with van der Waals surface area (Å²) in [4.78, 5) is 14.9. The molecular weight excluding hydrogens is 296 g/mol. The maximum atomic E-state index is 12.0. The summed E-state index contributed by atoms with van der Waals surface area (Å²) in [6, 6.07) is 7.36. The van der Waals surface area contributed by atoms with Crippen molar-refractivity contribution in [3.8, 4) is 0 Å². The number of aromatic nitrogens is 3. The molecule has 0 aliphatic rings. The summed E-state index contributed by atoms with van der Waals surface area (Å²) in [6.45, 7) is 0. The first-order chi connectivity index (χ1) is 8.74. The molecule has 3 N–H and O–H groups in total. The highest BCUT2D eigenvalue weighted by Gasteiger charge is 2.10. The van der Waals surface area contributed by atoms with Crippen LogP contribution in [-0.4, -0.2) is 21.1 Å². The van der Waals surface area contributed by atoms with Crippen LogP contribution in [0.2, 0.25) is 0 Å². The molecule has 6 heteroatoms. The van der Waals surface area contributed by atoms with Crippen LogP contribution in [0.5, 0.6) is 0 Å². The van der Waals surface area contributed by atoms with E-state index < -0.39 is 0 Å². The second kappa shape index (κ2) is 4.30. The van der Waals surface area contributed by atoms with E-state index in [0.29, 0.717) is 11.4 Å². The largest absolute Gasteiger partial charge is 0.356 e. The number of carbonyl (C=O) groups is 1. The lowest BCUT2D eigenvalue weighted by molar-refractivity contribution is 0.102. The number of hydrogen-bond acceptors (Lipinski definition) is 2. The highest BCUT2D eigenvalue weighted by atomic mass is 79.9. The molecule has 0 fully saturated rings. The molecule has 0 aliphatic carbocycles. The SMILES string of the molecule is O=C(Nc1cccc2cn[nH]c12)c1cc(Br)c[nH]1. The van der Waals surface area contributed by atoms with Crippen molar-refractivity contribution in [3.05, 3.63) is 46.8 Å². The maximum Gasteiger partial charge on any atom is 0.272 e. The smallest absolute Gasteiger partial charge is 0.272 e. The molecule has 18 heavy (non-hydrogen) atoms.